The predicted octanol–water partition coefficient (Wildman–Crippen LogP) is 3.23. The van der Waals surface area contributed by atoms with Crippen LogP contribution in [0.1, 0.15) is 35.8 Å². The number of rotatable bonds is 5. The Balaban J connectivity index is 1.76. The molecule has 0 N–H and O–H groups in total. The Morgan fingerprint density at radius 2 is 2.26 bits per heavy atom. The Kier molecular flexibility index (Phi) is 3.21. The van der Waals surface area contributed by atoms with E-state index in [4.69, 9.17) is 0 Å². The van der Waals surface area contributed by atoms with Gasteiger partial charge in [0.2, 0.25) is 0 Å². The SMILES string of the molecule is CCCC(=O)c1ccn(Cc2cn3ccsc3n2)c1. The molecule has 0 saturated heterocycles. The first-order chi connectivity index (χ1) is 9.26. The van der Waals surface area contributed by atoms with Crippen LogP contribution in [0.4, 0.5) is 0 Å². The number of thiazole rings is 1. The molecule has 0 spiro atoms. The maximum Gasteiger partial charge on any atom is 0.193 e. The largest absolute Gasteiger partial charge is 0.348 e. The third-order valence-electron chi connectivity index (χ3n) is 3.04. The molecule has 98 valence electrons. The van der Waals surface area contributed by atoms with Crippen LogP contribution in [-0.2, 0) is 6.54 Å². The molecule has 0 atom stereocenters. The van der Waals surface area contributed by atoms with Crippen LogP contribution in [0.15, 0.2) is 36.2 Å². The first-order valence-electron chi connectivity index (χ1n) is 6.36. The van der Waals surface area contributed by atoms with Crippen molar-refractivity contribution in [2.24, 2.45) is 0 Å². The average Bonchev–Trinajstić information content (AvgIpc) is 3.04. The van der Waals surface area contributed by atoms with Crippen molar-refractivity contribution >= 4 is 22.1 Å². The molecule has 0 fully saturated rings. The smallest absolute Gasteiger partial charge is 0.193 e. The van der Waals surface area contributed by atoms with E-state index in [1.54, 1.807) is 11.3 Å². The third kappa shape index (κ3) is 2.46. The first-order valence-corrected chi connectivity index (χ1v) is 7.24. The molecule has 0 radical (unpaired) electrons. The second kappa shape index (κ2) is 5.01. The van der Waals surface area contributed by atoms with Crippen LogP contribution in [0.5, 0.6) is 0 Å². The maximum absolute atomic E-state index is 11.8. The van der Waals surface area contributed by atoms with Gasteiger partial charge in [0, 0.05) is 42.2 Å². The minimum atomic E-state index is 0.215. The topological polar surface area (TPSA) is 39.3 Å². The van der Waals surface area contributed by atoms with Gasteiger partial charge in [-0.1, -0.05) is 6.92 Å². The van der Waals surface area contributed by atoms with Gasteiger partial charge in [0.15, 0.2) is 10.7 Å². The normalized spacial score (nSPS) is 11.2. The number of aromatic nitrogens is 3. The lowest BCUT2D eigenvalue weighted by Crippen LogP contribution is -1.99. The minimum absolute atomic E-state index is 0.215. The fraction of sp³-hybridized carbons (Fsp3) is 0.286. The van der Waals surface area contributed by atoms with Gasteiger partial charge in [-0.15, -0.1) is 11.3 Å². The van der Waals surface area contributed by atoms with Crippen molar-refractivity contribution in [1.29, 1.82) is 0 Å². The lowest BCUT2D eigenvalue weighted by molar-refractivity contribution is 0.0981. The number of imidazole rings is 1. The van der Waals surface area contributed by atoms with E-state index in [-0.39, 0.29) is 5.78 Å². The fourth-order valence-corrected chi connectivity index (χ4v) is 2.83. The predicted molar refractivity (Wildman–Crippen MR) is 75.8 cm³/mol. The van der Waals surface area contributed by atoms with E-state index in [9.17, 15) is 4.79 Å². The zero-order chi connectivity index (χ0) is 13.2. The van der Waals surface area contributed by atoms with Crippen LogP contribution in [0, 0.1) is 0 Å². The highest BCUT2D eigenvalue weighted by atomic mass is 32.1. The van der Waals surface area contributed by atoms with E-state index >= 15 is 0 Å². The number of Topliss-reactive ketones (excluding diaryl/α,β-unsaturated/α-hetero) is 1. The van der Waals surface area contributed by atoms with E-state index in [0.717, 1.165) is 22.6 Å². The second-order valence-electron chi connectivity index (χ2n) is 4.57. The molecule has 3 heterocycles. The Morgan fingerprint density at radius 3 is 3.05 bits per heavy atom. The molecule has 3 rings (SSSR count). The van der Waals surface area contributed by atoms with E-state index in [1.165, 1.54) is 0 Å². The molecule has 5 heteroatoms. The van der Waals surface area contributed by atoms with E-state index in [0.29, 0.717) is 13.0 Å². The molecule has 19 heavy (non-hydrogen) atoms. The summed E-state index contributed by atoms with van der Waals surface area (Å²) in [5.74, 6) is 0.215. The first kappa shape index (κ1) is 12.2. The summed E-state index contributed by atoms with van der Waals surface area (Å²) in [4.78, 5) is 17.3. The van der Waals surface area contributed by atoms with Crippen molar-refractivity contribution in [3.8, 4) is 0 Å². The van der Waals surface area contributed by atoms with Gasteiger partial charge in [-0.05, 0) is 12.5 Å². The average molecular weight is 273 g/mol. The maximum atomic E-state index is 11.8. The van der Waals surface area contributed by atoms with Crippen LogP contribution in [0.25, 0.3) is 4.96 Å². The summed E-state index contributed by atoms with van der Waals surface area (Å²) in [7, 11) is 0. The van der Waals surface area contributed by atoms with E-state index in [1.807, 2.05) is 52.1 Å². The lowest BCUT2D eigenvalue weighted by atomic mass is 10.1. The van der Waals surface area contributed by atoms with Crippen molar-refractivity contribution in [3.63, 3.8) is 0 Å². The molecule has 0 aliphatic carbocycles. The number of ketones is 1. The van der Waals surface area contributed by atoms with Crippen LogP contribution < -0.4 is 0 Å². The molecule has 0 amide bonds. The number of hydrogen-bond acceptors (Lipinski definition) is 3. The van der Waals surface area contributed by atoms with Crippen LogP contribution in [0.2, 0.25) is 0 Å². The van der Waals surface area contributed by atoms with Gasteiger partial charge < -0.3 is 4.57 Å². The number of nitrogens with zero attached hydrogens (tertiary/aromatic N) is 3. The van der Waals surface area contributed by atoms with Crippen molar-refractivity contribution in [1.82, 2.24) is 14.0 Å². The summed E-state index contributed by atoms with van der Waals surface area (Å²) >= 11 is 1.62. The Bertz CT molecular complexity index is 678. The van der Waals surface area contributed by atoms with Crippen molar-refractivity contribution < 1.29 is 4.79 Å². The van der Waals surface area contributed by atoms with E-state index < -0.39 is 0 Å². The van der Waals surface area contributed by atoms with Gasteiger partial charge in [-0.25, -0.2) is 4.98 Å². The van der Waals surface area contributed by atoms with Gasteiger partial charge in [-0.2, -0.15) is 0 Å². The van der Waals surface area contributed by atoms with Crippen molar-refractivity contribution in [3.05, 3.63) is 47.5 Å². The highest BCUT2D eigenvalue weighted by molar-refractivity contribution is 7.15. The number of carbonyl (C=O) groups is 1. The molecule has 0 aliphatic rings. The van der Waals surface area contributed by atoms with Crippen molar-refractivity contribution in [2.45, 2.75) is 26.3 Å². The van der Waals surface area contributed by atoms with Crippen LogP contribution in [0.3, 0.4) is 0 Å². The minimum Gasteiger partial charge on any atom is -0.348 e. The molecular formula is C14H15N3OS. The Morgan fingerprint density at radius 1 is 1.37 bits per heavy atom. The molecule has 0 unspecified atom stereocenters. The Hall–Kier alpha value is -1.88. The fourth-order valence-electron chi connectivity index (χ4n) is 2.11. The highest BCUT2D eigenvalue weighted by Gasteiger charge is 2.08. The molecule has 0 aromatic carbocycles. The summed E-state index contributed by atoms with van der Waals surface area (Å²) in [6.45, 7) is 2.72. The monoisotopic (exact) mass is 273 g/mol. The van der Waals surface area contributed by atoms with Crippen molar-refractivity contribution in [2.75, 3.05) is 0 Å². The summed E-state index contributed by atoms with van der Waals surface area (Å²) in [5, 5.41) is 2.02. The summed E-state index contributed by atoms with van der Waals surface area (Å²) < 4.78 is 4.03. The standard InChI is InChI=1S/C14H15N3OS/c1-2-3-13(18)11-4-5-16(8-11)9-12-10-17-6-7-19-14(17)15-12/h4-8,10H,2-3,9H2,1H3. The number of carbonyl (C=O) groups excluding carboxylic acids is 1. The summed E-state index contributed by atoms with van der Waals surface area (Å²) in [6.07, 6.45) is 9.38. The lowest BCUT2D eigenvalue weighted by Gasteiger charge is -1.98. The molecule has 0 aliphatic heterocycles. The highest BCUT2D eigenvalue weighted by Crippen LogP contribution is 2.13. The van der Waals surface area contributed by atoms with Gasteiger partial charge in [0.05, 0.1) is 12.2 Å². The summed E-state index contributed by atoms with van der Waals surface area (Å²) in [6, 6.07) is 1.89. The molecule has 4 nitrogen and oxygen atoms in total. The molecule has 0 bridgehead atoms. The molecule has 0 saturated carbocycles. The van der Waals surface area contributed by atoms with Gasteiger partial charge in [0.1, 0.15) is 0 Å². The third-order valence-corrected chi connectivity index (χ3v) is 3.81. The van der Waals surface area contributed by atoms with E-state index in [2.05, 4.69) is 4.98 Å². The summed E-state index contributed by atoms with van der Waals surface area (Å²) in [5.41, 5.74) is 1.81. The van der Waals surface area contributed by atoms with Crippen LogP contribution in [-0.4, -0.2) is 19.7 Å². The zero-order valence-corrected chi connectivity index (χ0v) is 11.6. The van der Waals surface area contributed by atoms with Gasteiger partial charge in [-0.3, -0.25) is 9.20 Å². The quantitative estimate of drug-likeness (QED) is 0.669. The zero-order valence-electron chi connectivity index (χ0n) is 10.7. The van der Waals surface area contributed by atoms with Gasteiger partial charge in [0.25, 0.3) is 0 Å². The molecule has 3 aromatic rings. The van der Waals surface area contributed by atoms with Crippen LogP contribution >= 0.6 is 11.3 Å². The van der Waals surface area contributed by atoms with Gasteiger partial charge >= 0.3 is 0 Å². The molecule has 3 aromatic heterocycles. The number of hydrogen-bond donors (Lipinski definition) is 0. The number of fused-ring (bicyclic) bond motifs is 1. The molecular weight excluding hydrogens is 258 g/mol. The Labute approximate surface area is 115 Å². The second-order valence-corrected chi connectivity index (χ2v) is 5.44.